The lowest BCUT2D eigenvalue weighted by atomic mass is 10.2. The van der Waals surface area contributed by atoms with Gasteiger partial charge in [-0.3, -0.25) is 0 Å². The minimum absolute atomic E-state index is 0.259. The van der Waals surface area contributed by atoms with Crippen LogP contribution >= 0.6 is 58.2 Å². The molecule has 1 N–H and O–H groups in total. The molecule has 0 aliphatic heterocycles. The van der Waals surface area contributed by atoms with Crippen LogP contribution < -0.4 is 0 Å². The third kappa shape index (κ3) is 6.64. The Morgan fingerprint density at radius 2 is 1.46 bits per heavy atom. The van der Waals surface area contributed by atoms with Gasteiger partial charge in [-0.2, -0.15) is 11.8 Å². The predicted octanol–water partition coefficient (Wildman–Crippen LogP) is 6.11. The Morgan fingerprint density at radius 1 is 0.875 bits per heavy atom. The second-order valence-electron chi connectivity index (χ2n) is 5.18. The Balaban J connectivity index is 1.66. The average Bonchev–Trinajstić information content (AvgIpc) is 2.54. The highest BCUT2D eigenvalue weighted by atomic mass is 35.5. The number of ether oxygens (including phenoxy) is 1. The van der Waals surface area contributed by atoms with Crippen molar-refractivity contribution < 1.29 is 9.84 Å². The number of thioether (sulfide) groups is 1. The maximum Gasteiger partial charge on any atom is 0.0864 e. The van der Waals surface area contributed by atoms with E-state index in [2.05, 4.69) is 0 Å². The molecule has 0 saturated carbocycles. The molecule has 0 aliphatic rings. The maximum atomic E-state index is 9.96. The summed E-state index contributed by atoms with van der Waals surface area (Å²) in [7, 11) is 0. The highest BCUT2D eigenvalue weighted by molar-refractivity contribution is 7.98. The maximum absolute atomic E-state index is 9.96. The third-order valence-corrected chi connectivity index (χ3v) is 5.76. The molecule has 0 aromatic heterocycles. The molecule has 2 rings (SSSR count). The van der Waals surface area contributed by atoms with Crippen molar-refractivity contribution in [3.63, 3.8) is 0 Å². The quantitative estimate of drug-likeness (QED) is 0.553. The Hall–Kier alpha value is -0.130. The monoisotopic (exact) mass is 424 g/mol. The number of halogens is 4. The van der Waals surface area contributed by atoms with E-state index in [9.17, 15) is 5.11 Å². The van der Waals surface area contributed by atoms with Crippen molar-refractivity contribution in [1.82, 2.24) is 0 Å². The fourth-order valence-corrected chi connectivity index (χ4v) is 3.48. The number of hydrogen-bond acceptors (Lipinski definition) is 3. The van der Waals surface area contributed by atoms with Gasteiger partial charge < -0.3 is 9.84 Å². The molecule has 1 unspecified atom stereocenters. The van der Waals surface area contributed by atoms with Crippen LogP contribution in [0.5, 0.6) is 0 Å². The zero-order valence-electron chi connectivity index (χ0n) is 12.6. The molecule has 0 spiro atoms. The first-order valence-corrected chi connectivity index (χ1v) is 9.84. The molecule has 24 heavy (non-hydrogen) atoms. The van der Waals surface area contributed by atoms with Crippen LogP contribution in [-0.2, 0) is 17.1 Å². The van der Waals surface area contributed by atoms with Crippen molar-refractivity contribution >= 4 is 58.2 Å². The van der Waals surface area contributed by atoms with Gasteiger partial charge in [0.25, 0.3) is 0 Å². The highest BCUT2D eigenvalue weighted by Crippen LogP contribution is 2.25. The van der Waals surface area contributed by atoms with E-state index in [0.717, 1.165) is 16.9 Å². The van der Waals surface area contributed by atoms with Crippen molar-refractivity contribution in [2.24, 2.45) is 0 Å². The van der Waals surface area contributed by atoms with Gasteiger partial charge in [0.1, 0.15) is 0 Å². The van der Waals surface area contributed by atoms with Crippen LogP contribution in [-0.4, -0.2) is 23.6 Å². The van der Waals surface area contributed by atoms with Gasteiger partial charge in [-0.25, -0.2) is 0 Å². The lowest BCUT2D eigenvalue weighted by Crippen LogP contribution is -2.18. The summed E-state index contributed by atoms with van der Waals surface area (Å²) in [6.07, 6.45) is -0.541. The second-order valence-corrected chi connectivity index (χ2v) is 7.84. The molecule has 0 aliphatic carbocycles. The topological polar surface area (TPSA) is 29.5 Å². The summed E-state index contributed by atoms with van der Waals surface area (Å²) >= 11 is 25.3. The van der Waals surface area contributed by atoms with E-state index in [1.54, 1.807) is 30.0 Å². The first-order chi connectivity index (χ1) is 11.5. The summed E-state index contributed by atoms with van der Waals surface area (Å²) in [6, 6.07) is 10.9. The highest BCUT2D eigenvalue weighted by Gasteiger charge is 2.07. The smallest absolute Gasteiger partial charge is 0.0864 e. The summed E-state index contributed by atoms with van der Waals surface area (Å²) in [6.45, 7) is 0.639. The van der Waals surface area contributed by atoms with E-state index >= 15 is 0 Å². The summed E-state index contributed by atoms with van der Waals surface area (Å²) in [4.78, 5) is 0. The molecule has 7 heteroatoms. The average molecular weight is 426 g/mol. The molecule has 0 fully saturated rings. The Labute approximate surface area is 166 Å². The second kappa shape index (κ2) is 10.1. The number of hydrogen-bond donors (Lipinski definition) is 1. The van der Waals surface area contributed by atoms with Crippen LogP contribution in [0.1, 0.15) is 11.1 Å². The van der Waals surface area contributed by atoms with E-state index in [1.807, 2.05) is 18.2 Å². The lowest BCUT2D eigenvalue weighted by Gasteiger charge is -2.11. The van der Waals surface area contributed by atoms with E-state index < -0.39 is 6.10 Å². The van der Waals surface area contributed by atoms with Crippen LogP contribution in [0.25, 0.3) is 0 Å². The van der Waals surface area contributed by atoms with Gasteiger partial charge in [0.05, 0.1) is 39.4 Å². The van der Waals surface area contributed by atoms with Crippen LogP contribution in [0.4, 0.5) is 0 Å². The van der Waals surface area contributed by atoms with Gasteiger partial charge >= 0.3 is 0 Å². The van der Waals surface area contributed by atoms with Gasteiger partial charge in [-0.1, -0.05) is 58.5 Å². The SMILES string of the molecule is OC(COCc1ccc(Cl)c(Cl)c1)CSCc1ccc(Cl)c(Cl)c1. The fraction of sp³-hybridized carbons (Fsp3) is 0.294. The van der Waals surface area contributed by atoms with E-state index in [4.69, 9.17) is 51.1 Å². The summed E-state index contributed by atoms with van der Waals surface area (Å²) in [5, 5.41) is 12.1. The molecule has 2 nitrogen and oxygen atoms in total. The van der Waals surface area contributed by atoms with Crippen molar-refractivity contribution in [2.45, 2.75) is 18.5 Å². The largest absolute Gasteiger partial charge is 0.390 e. The van der Waals surface area contributed by atoms with E-state index in [-0.39, 0.29) is 6.61 Å². The van der Waals surface area contributed by atoms with Gasteiger partial charge in [0.15, 0.2) is 0 Å². The molecule has 0 saturated heterocycles. The van der Waals surface area contributed by atoms with Gasteiger partial charge in [-0.15, -0.1) is 0 Å². The minimum atomic E-state index is -0.541. The first kappa shape index (κ1) is 20.2. The standard InChI is InChI=1S/C17H16Cl4O2S/c18-14-3-1-11(5-16(14)20)7-23-8-13(22)10-24-9-12-2-4-15(19)17(21)6-12/h1-6,13,22H,7-10H2. The van der Waals surface area contributed by atoms with Crippen molar-refractivity contribution in [3.8, 4) is 0 Å². The Kier molecular flexibility index (Phi) is 8.52. The molecule has 2 aromatic rings. The zero-order valence-corrected chi connectivity index (χ0v) is 16.5. The van der Waals surface area contributed by atoms with Gasteiger partial charge in [0.2, 0.25) is 0 Å². The van der Waals surface area contributed by atoms with Crippen LogP contribution in [0.2, 0.25) is 20.1 Å². The molecule has 0 radical (unpaired) electrons. The molecular formula is C17H16Cl4O2S. The van der Waals surface area contributed by atoms with E-state index in [1.165, 1.54) is 0 Å². The normalized spacial score (nSPS) is 12.4. The van der Waals surface area contributed by atoms with Crippen molar-refractivity contribution in [2.75, 3.05) is 12.4 Å². The predicted molar refractivity (Wildman–Crippen MR) is 105 cm³/mol. The number of aliphatic hydroxyl groups is 1. The lowest BCUT2D eigenvalue weighted by molar-refractivity contribution is 0.0398. The molecule has 0 heterocycles. The number of benzene rings is 2. The van der Waals surface area contributed by atoms with Crippen molar-refractivity contribution in [3.05, 3.63) is 67.6 Å². The first-order valence-electron chi connectivity index (χ1n) is 7.17. The van der Waals surface area contributed by atoms with E-state index in [0.29, 0.717) is 32.5 Å². The minimum Gasteiger partial charge on any atom is -0.390 e. The summed E-state index contributed by atoms with van der Waals surface area (Å²) in [5.74, 6) is 1.32. The van der Waals surface area contributed by atoms with Crippen molar-refractivity contribution in [1.29, 1.82) is 0 Å². The molecular weight excluding hydrogens is 410 g/mol. The number of aliphatic hydroxyl groups excluding tert-OH is 1. The number of rotatable bonds is 8. The Morgan fingerprint density at radius 3 is 2.08 bits per heavy atom. The molecule has 1 atom stereocenters. The molecule has 2 aromatic carbocycles. The van der Waals surface area contributed by atoms with Crippen LogP contribution in [0.15, 0.2) is 36.4 Å². The fourth-order valence-electron chi connectivity index (χ4n) is 1.93. The molecule has 0 bridgehead atoms. The van der Waals surface area contributed by atoms with Crippen LogP contribution in [0.3, 0.4) is 0 Å². The Bertz CT molecular complexity index is 624. The third-order valence-electron chi connectivity index (χ3n) is 3.13. The van der Waals surface area contributed by atoms with Gasteiger partial charge in [-0.05, 0) is 35.4 Å². The zero-order chi connectivity index (χ0) is 17.5. The summed E-state index contributed by atoms with van der Waals surface area (Å²) in [5.41, 5.74) is 1.98. The summed E-state index contributed by atoms with van der Waals surface area (Å²) < 4.78 is 5.51. The van der Waals surface area contributed by atoms with Crippen LogP contribution in [0, 0.1) is 0 Å². The van der Waals surface area contributed by atoms with Gasteiger partial charge in [0, 0.05) is 11.5 Å². The molecule has 130 valence electrons. The molecule has 0 amide bonds.